The Morgan fingerprint density at radius 1 is 1.36 bits per heavy atom. The SMILES string of the molecule is CC(C)(O)c1ccco1.CCOCC. The van der Waals surface area contributed by atoms with Crippen LogP contribution in [0.25, 0.3) is 0 Å². The van der Waals surface area contributed by atoms with Gasteiger partial charge < -0.3 is 14.3 Å². The molecule has 82 valence electrons. The number of rotatable bonds is 3. The van der Waals surface area contributed by atoms with Crippen molar-refractivity contribution >= 4 is 0 Å². The van der Waals surface area contributed by atoms with E-state index in [1.54, 1.807) is 32.2 Å². The molecule has 0 unspecified atom stereocenters. The number of furan rings is 1. The number of hydrogen-bond acceptors (Lipinski definition) is 3. The highest BCUT2D eigenvalue weighted by molar-refractivity contribution is 5.05. The third-order valence-corrected chi connectivity index (χ3v) is 1.53. The van der Waals surface area contributed by atoms with Gasteiger partial charge in [-0.25, -0.2) is 0 Å². The lowest BCUT2D eigenvalue weighted by Crippen LogP contribution is -2.13. The van der Waals surface area contributed by atoms with E-state index in [1.165, 1.54) is 0 Å². The van der Waals surface area contributed by atoms with Crippen molar-refractivity contribution in [2.75, 3.05) is 13.2 Å². The summed E-state index contributed by atoms with van der Waals surface area (Å²) in [6.07, 6.45) is 1.55. The van der Waals surface area contributed by atoms with Crippen molar-refractivity contribution in [2.45, 2.75) is 33.3 Å². The molecule has 3 heteroatoms. The molecule has 0 radical (unpaired) electrons. The molecule has 0 aliphatic carbocycles. The molecule has 1 aromatic rings. The third-order valence-electron chi connectivity index (χ3n) is 1.53. The lowest BCUT2D eigenvalue weighted by atomic mass is 10.1. The van der Waals surface area contributed by atoms with Crippen molar-refractivity contribution in [3.63, 3.8) is 0 Å². The molecule has 0 aliphatic rings. The average molecular weight is 200 g/mol. The molecule has 1 rings (SSSR count). The van der Waals surface area contributed by atoms with Gasteiger partial charge in [0.05, 0.1) is 6.26 Å². The Kier molecular flexibility index (Phi) is 6.25. The van der Waals surface area contributed by atoms with Crippen molar-refractivity contribution in [3.05, 3.63) is 24.2 Å². The van der Waals surface area contributed by atoms with E-state index >= 15 is 0 Å². The normalized spacial score (nSPS) is 10.6. The summed E-state index contributed by atoms with van der Waals surface area (Å²) in [6.45, 7) is 9.04. The van der Waals surface area contributed by atoms with Crippen LogP contribution in [0.1, 0.15) is 33.5 Å². The van der Waals surface area contributed by atoms with E-state index in [0.29, 0.717) is 5.76 Å². The van der Waals surface area contributed by atoms with Gasteiger partial charge in [0.2, 0.25) is 0 Å². The van der Waals surface area contributed by atoms with E-state index in [2.05, 4.69) is 0 Å². The van der Waals surface area contributed by atoms with Crippen molar-refractivity contribution in [2.24, 2.45) is 0 Å². The van der Waals surface area contributed by atoms with E-state index < -0.39 is 5.60 Å². The molecule has 1 N–H and O–H groups in total. The van der Waals surface area contributed by atoms with Crippen molar-refractivity contribution < 1.29 is 14.3 Å². The molecule has 0 bridgehead atoms. The molecule has 0 spiro atoms. The van der Waals surface area contributed by atoms with Gasteiger partial charge in [-0.05, 0) is 39.8 Å². The minimum absolute atomic E-state index is 0.600. The second kappa shape index (κ2) is 6.62. The second-order valence-electron chi connectivity index (χ2n) is 3.32. The first kappa shape index (κ1) is 13.2. The van der Waals surface area contributed by atoms with Gasteiger partial charge in [0.25, 0.3) is 0 Å². The van der Waals surface area contributed by atoms with Crippen molar-refractivity contribution in [1.29, 1.82) is 0 Å². The summed E-state index contributed by atoms with van der Waals surface area (Å²) in [5.41, 5.74) is -0.844. The Bertz CT molecular complexity index is 207. The standard InChI is InChI=1S/C7H10O2.C4H10O/c1-7(2,8)6-4-3-5-9-6;1-3-5-4-2/h3-5,8H,1-2H3;3-4H2,1-2H3. The Labute approximate surface area is 85.7 Å². The highest BCUT2D eigenvalue weighted by Gasteiger charge is 2.17. The van der Waals surface area contributed by atoms with Gasteiger partial charge in [-0.2, -0.15) is 0 Å². The van der Waals surface area contributed by atoms with Crippen LogP contribution >= 0.6 is 0 Å². The van der Waals surface area contributed by atoms with E-state index in [9.17, 15) is 5.11 Å². The van der Waals surface area contributed by atoms with Gasteiger partial charge in [0, 0.05) is 13.2 Å². The monoisotopic (exact) mass is 200 g/mol. The molecule has 14 heavy (non-hydrogen) atoms. The van der Waals surface area contributed by atoms with E-state index in [4.69, 9.17) is 9.15 Å². The van der Waals surface area contributed by atoms with Crippen LogP contribution in [-0.4, -0.2) is 18.3 Å². The minimum atomic E-state index is -0.844. The molecular formula is C11H20O3. The Balaban J connectivity index is 0.000000292. The fraction of sp³-hybridized carbons (Fsp3) is 0.636. The molecule has 0 aromatic carbocycles. The molecule has 0 atom stereocenters. The molecule has 0 saturated carbocycles. The highest BCUT2D eigenvalue weighted by Crippen LogP contribution is 2.18. The quantitative estimate of drug-likeness (QED) is 0.815. The lowest BCUT2D eigenvalue weighted by molar-refractivity contribution is 0.0541. The van der Waals surface area contributed by atoms with Gasteiger partial charge in [-0.3, -0.25) is 0 Å². The number of hydrogen-bond donors (Lipinski definition) is 1. The van der Waals surface area contributed by atoms with Gasteiger partial charge in [-0.15, -0.1) is 0 Å². The van der Waals surface area contributed by atoms with Crippen LogP contribution < -0.4 is 0 Å². The molecular weight excluding hydrogens is 180 g/mol. The zero-order valence-corrected chi connectivity index (χ0v) is 9.41. The Morgan fingerprint density at radius 2 is 1.93 bits per heavy atom. The maximum Gasteiger partial charge on any atom is 0.134 e. The van der Waals surface area contributed by atoms with Crippen LogP contribution in [0.5, 0.6) is 0 Å². The maximum atomic E-state index is 9.28. The lowest BCUT2D eigenvalue weighted by Gasteiger charge is -2.12. The Morgan fingerprint density at radius 3 is 2.07 bits per heavy atom. The molecule has 1 heterocycles. The summed E-state index contributed by atoms with van der Waals surface area (Å²) in [6, 6.07) is 3.51. The van der Waals surface area contributed by atoms with E-state index in [1.807, 2.05) is 13.8 Å². The van der Waals surface area contributed by atoms with Gasteiger partial charge >= 0.3 is 0 Å². The van der Waals surface area contributed by atoms with Crippen LogP contribution in [0, 0.1) is 0 Å². The van der Waals surface area contributed by atoms with Gasteiger partial charge in [0.1, 0.15) is 11.4 Å². The molecule has 3 nitrogen and oxygen atoms in total. The van der Waals surface area contributed by atoms with E-state index in [0.717, 1.165) is 13.2 Å². The van der Waals surface area contributed by atoms with Crippen LogP contribution in [0.2, 0.25) is 0 Å². The predicted molar refractivity (Wildman–Crippen MR) is 56.1 cm³/mol. The predicted octanol–water partition coefficient (Wildman–Crippen LogP) is 2.55. The second-order valence-corrected chi connectivity index (χ2v) is 3.32. The summed E-state index contributed by atoms with van der Waals surface area (Å²) < 4.78 is 9.78. The topological polar surface area (TPSA) is 42.6 Å². The molecule has 0 fully saturated rings. The minimum Gasteiger partial charge on any atom is -0.466 e. The third kappa shape index (κ3) is 5.78. The van der Waals surface area contributed by atoms with Crippen LogP contribution in [-0.2, 0) is 10.3 Å². The van der Waals surface area contributed by atoms with Gasteiger partial charge in [0.15, 0.2) is 0 Å². The average Bonchev–Trinajstić information content (AvgIpc) is 2.57. The zero-order valence-electron chi connectivity index (χ0n) is 9.41. The Hall–Kier alpha value is -0.800. The van der Waals surface area contributed by atoms with Crippen LogP contribution in [0.15, 0.2) is 22.8 Å². The molecule has 1 aromatic heterocycles. The smallest absolute Gasteiger partial charge is 0.134 e. The first-order chi connectivity index (χ1) is 6.52. The van der Waals surface area contributed by atoms with Crippen molar-refractivity contribution in [3.8, 4) is 0 Å². The molecule has 0 aliphatic heterocycles. The fourth-order valence-electron chi connectivity index (χ4n) is 0.831. The van der Waals surface area contributed by atoms with Crippen LogP contribution in [0.3, 0.4) is 0 Å². The van der Waals surface area contributed by atoms with Crippen LogP contribution in [0.4, 0.5) is 0 Å². The summed E-state index contributed by atoms with van der Waals surface area (Å²) >= 11 is 0. The summed E-state index contributed by atoms with van der Waals surface area (Å²) in [7, 11) is 0. The summed E-state index contributed by atoms with van der Waals surface area (Å²) in [5.74, 6) is 0.600. The fourth-order valence-corrected chi connectivity index (χ4v) is 0.831. The first-order valence-electron chi connectivity index (χ1n) is 4.86. The highest BCUT2D eigenvalue weighted by atomic mass is 16.5. The largest absolute Gasteiger partial charge is 0.466 e. The zero-order chi connectivity index (χ0) is 11.0. The first-order valence-corrected chi connectivity index (χ1v) is 4.86. The van der Waals surface area contributed by atoms with Gasteiger partial charge in [-0.1, -0.05) is 0 Å². The number of ether oxygens (including phenoxy) is 1. The van der Waals surface area contributed by atoms with E-state index in [-0.39, 0.29) is 0 Å². The summed E-state index contributed by atoms with van der Waals surface area (Å²) in [4.78, 5) is 0. The van der Waals surface area contributed by atoms with Crippen molar-refractivity contribution in [1.82, 2.24) is 0 Å². The molecule has 0 saturated heterocycles. The number of aliphatic hydroxyl groups is 1. The molecule has 0 amide bonds. The summed E-state index contributed by atoms with van der Waals surface area (Å²) in [5, 5.41) is 9.28. The maximum absolute atomic E-state index is 9.28.